The summed E-state index contributed by atoms with van der Waals surface area (Å²) in [5.74, 6) is 1.55. The summed E-state index contributed by atoms with van der Waals surface area (Å²) in [6.07, 6.45) is 5.31. The van der Waals surface area contributed by atoms with Gasteiger partial charge >= 0.3 is 0 Å². The first-order valence-corrected chi connectivity index (χ1v) is 7.73. The van der Waals surface area contributed by atoms with Crippen molar-refractivity contribution in [2.45, 2.75) is 38.6 Å². The Hall–Kier alpha value is -0.130. The molecule has 2 saturated carbocycles. The highest BCUT2D eigenvalue weighted by Gasteiger charge is 2.39. The summed E-state index contributed by atoms with van der Waals surface area (Å²) in [6, 6.07) is 0.586. The third-order valence-electron chi connectivity index (χ3n) is 3.96. The van der Waals surface area contributed by atoms with Gasteiger partial charge in [-0.2, -0.15) is 8.42 Å². The van der Waals surface area contributed by atoms with E-state index in [1.54, 1.807) is 0 Å². The van der Waals surface area contributed by atoms with Crippen molar-refractivity contribution in [2.24, 2.45) is 17.8 Å². The number of hydrogen-bond donors (Lipinski definition) is 2. The molecule has 0 aromatic rings. The Bertz CT molecular complexity index is 341. The van der Waals surface area contributed by atoms with Crippen LogP contribution in [0.15, 0.2) is 0 Å². The van der Waals surface area contributed by atoms with Crippen LogP contribution in [0.25, 0.3) is 0 Å². The summed E-state index contributed by atoms with van der Waals surface area (Å²) >= 11 is 0. The van der Waals surface area contributed by atoms with Crippen LogP contribution in [0.2, 0.25) is 0 Å². The van der Waals surface area contributed by atoms with E-state index in [-0.39, 0.29) is 11.7 Å². The molecule has 4 nitrogen and oxygen atoms in total. The van der Waals surface area contributed by atoms with Crippen LogP contribution in [-0.2, 0) is 10.1 Å². The summed E-state index contributed by atoms with van der Waals surface area (Å²) in [6.45, 7) is 2.54. The zero-order valence-corrected chi connectivity index (χ0v) is 10.5. The first-order valence-electron chi connectivity index (χ1n) is 6.12. The molecule has 4 atom stereocenters. The zero-order valence-electron chi connectivity index (χ0n) is 9.72. The zero-order chi connectivity index (χ0) is 11.8. The molecule has 94 valence electrons. The van der Waals surface area contributed by atoms with Crippen LogP contribution in [0, 0.1) is 17.8 Å². The lowest BCUT2D eigenvalue weighted by atomic mass is 9.95. The Kier molecular flexibility index (Phi) is 3.56. The predicted octanol–water partition coefficient (Wildman–Crippen LogP) is 1.29. The molecule has 0 spiro atoms. The van der Waals surface area contributed by atoms with Crippen LogP contribution < -0.4 is 5.32 Å². The van der Waals surface area contributed by atoms with Gasteiger partial charge in [-0.25, -0.2) is 0 Å². The van der Waals surface area contributed by atoms with Gasteiger partial charge < -0.3 is 5.32 Å². The highest BCUT2D eigenvalue weighted by Crippen LogP contribution is 2.44. The summed E-state index contributed by atoms with van der Waals surface area (Å²) in [5, 5.41) is 3.46. The van der Waals surface area contributed by atoms with Gasteiger partial charge in [0, 0.05) is 6.04 Å². The van der Waals surface area contributed by atoms with E-state index in [4.69, 9.17) is 4.55 Å². The Morgan fingerprint density at radius 3 is 2.62 bits per heavy atom. The molecule has 2 bridgehead atoms. The van der Waals surface area contributed by atoms with E-state index < -0.39 is 10.1 Å². The minimum Gasteiger partial charge on any atom is -0.313 e. The number of rotatable bonds is 5. The molecule has 0 radical (unpaired) electrons. The van der Waals surface area contributed by atoms with E-state index >= 15 is 0 Å². The van der Waals surface area contributed by atoms with Crippen molar-refractivity contribution >= 4 is 10.1 Å². The Morgan fingerprint density at radius 2 is 2.12 bits per heavy atom. The first kappa shape index (κ1) is 12.3. The maximum atomic E-state index is 10.7. The molecule has 0 amide bonds. The first-order chi connectivity index (χ1) is 7.44. The van der Waals surface area contributed by atoms with Crippen LogP contribution in [0.3, 0.4) is 0 Å². The molecule has 5 heteroatoms. The normalized spacial score (nSPS) is 35.5. The van der Waals surface area contributed by atoms with Gasteiger partial charge in [-0.1, -0.05) is 13.3 Å². The van der Waals surface area contributed by atoms with Gasteiger partial charge in [-0.05, 0) is 43.6 Å². The molecule has 2 rings (SSSR count). The van der Waals surface area contributed by atoms with Gasteiger partial charge in [-0.3, -0.25) is 4.55 Å². The van der Waals surface area contributed by atoms with Crippen molar-refractivity contribution in [3.63, 3.8) is 0 Å². The third kappa shape index (κ3) is 3.18. The maximum Gasteiger partial charge on any atom is 0.265 e. The molecule has 4 unspecified atom stereocenters. The number of fused-ring (bicyclic) bond motifs is 2. The highest BCUT2D eigenvalue weighted by atomic mass is 32.2. The van der Waals surface area contributed by atoms with Crippen LogP contribution in [0.5, 0.6) is 0 Å². The monoisotopic (exact) mass is 247 g/mol. The molecule has 0 aromatic heterocycles. The fourth-order valence-corrected chi connectivity index (χ4v) is 4.10. The van der Waals surface area contributed by atoms with E-state index in [0.717, 1.165) is 11.8 Å². The second-order valence-electron chi connectivity index (χ2n) is 5.54. The predicted molar refractivity (Wildman–Crippen MR) is 62.8 cm³/mol. The summed E-state index contributed by atoms with van der Waals surface area (Å²) in [7, 11) is -3.82. The fraction of sp³-hybridized carbons (Fsp3) is 1.00. The quantitative estimate of drug-likeness (QED) is 0.718. The van der Waals surface area contributed by atoms with E-state index in [0.29, 0.717) is 12.6 Å². The van der Waals surface area contributed by atoms with Crippen LogP contribution >= 0.6 is 0 Å². The lowest BCUT2D eigenvalue weighted by Gasteiger charge is -2.24. The second kappa shape index (κ2) is 4.63. The summed E-state index contributed by atoms with van der Waals surface area (Å²) in [5.41, 5.74) is 0. The minimum atomic E-state index is -3.82. The molecule has 2 fully saturated rings. The Labute approximate surface area is 97.6 Å². The number of nitrogens with one attached hydrogen (secondary N) is 1. The van der Waals surface area contributed by atoms with Gasteiger partial charge in [0.25, 0.3) is 10.1 Å². The van der Waals surface area contributed by atoms with Crippen LogP contribution in [0.4, 0.5) is 0 Å². The second-order valence-corrected chi connectivity index (χ2v) is 7.04. The van der Waals surface area contributed by atoms with Crippen molar-refractivity contribution in [2.75, 3.05) is 12.3 Å². The smallest absolute Gasteiger partial charge is 0.265 e. The average Bonchev–Trinajstić information content (AvgIpc) is 2.72. The van der Waals surface area contributed by atoms with E-state index in [9.17, 15) is 8.42 Å². The molecule has 16 heavy (non-hydrogen) atoms. The van der Waals surface area contributed by atoms with Crippen molar-refractivity contribution in [1.82, 2.24) is 5.32 Å². The van der Waals surface area contributed by atoms with Gasteiger partial charge in [-0.15, -0.1) is 0 Å². The molecule has 0 saturated heterocycles. The van der Waals surface area contributed by atoms with Crippen molar-refractivity contribution in [3.8, 4) is 0 Å². The molecular weight excluding hydrogens is 226 g/mol. The molecule has 2 aliphatic rings. The fourth-order valence-electron chi connectivity index (χ4n) is 3.27. The molecule has 0 aliphatic heterocycles. The minimum absolute atomic E-state index is 0.0193. The molecule has 0 aromatic carbocycles. The van der Waals surface area contributed by atoms with Gasteiger partial charge in [0.05, 0.1) is 5.75 Å². The topological polar surface area (TPSA) is 66.4 Å². The van der Waals surface area contributed by atoms with E-state index in [2.05, 4.69) is 5.32 Å². The van der Waals surface area contributed by atoms with Gasteiger partial charge in [0.2, 0.25) is 0 Å². The molecule has 0 heterocycles. The standard InChI is InChI=1S/C11H21NO3S/c1-8(7-16(13,14)15)6-12-11-5-9-2-3-10(11)4-9/h8-12H,2-7H2,1H3,(H,13,14,15). The van der Waals surface area contributed by atoms with E-state index in [1.807, 2.05) is 6.92 Å². The Morgan fingerprint density at radius 1 is 1.38 bits per heavy atom. The Balaban J connectivity index is 1.72. The third-order valence-corrected chi connectivity index (χ3v) is 4.95. The van der Waals surface area contributed by atoms with E-state index in [1.165, 1.54) is 25.7 Å². The van der Waals surface area contributed by atoms with Crippen LogP contribution in [0.1, 0.15) is 32.6 Å². The lowest BCUT2D eigenvalue weighted by molar-refractivity contribution is 0.337. The van der Waals surface area contributed by atoms with Crippen LogP contribution in [-0.4, -0.2) is 31.3 Å². The van der Waals surface area contributed by atoms with Crippen molar-refractivity contribution in [3.05, 3.63) is 0 Å². The van der Waals surface area contributed by atoms with Crippen molar-refractivity contribution < 1.29 is 13.0 Å². The lowest BCUT2D eigenvalue weighted by Crippen LogP contribution is -2.37. The molecule has 2 aliphatic carbocycles. The SMILES string of the molecule is CC(CNC1CC2CCC1C2)CS(=O)(=O)O. The van der Waals surface area contributed by atoms with Gasteiger partial charge in [0.1, 0.15) is 0 Å². The molecule has 2 N–H and O–H groups in total. The average molecular weight is 247 g/mol. The summed E-state index contributed by atoms with van der Waals surface area (Å²) in [4.78, 5) is 0. The highest BCUT2D eigenvalue weighted by molar-refractivity contribution is 7.85. The maximum absolute atomic E-state index is 10.7. The number of hydrogen-bond acceptors (Lipinski definition) is 3. The molecular formula is C11H21NO3S. The summed E-state index contributed by atoms with van der Waals surface area (Å²) < 4.78 is 30.1. The van der Waals surface area contributed by atoms with Crippen molar-refractivity contribution in [1.29, 1.82) is 0 Å². The largest absolute Gasteiger partial charge is 0.313 e. The van der Waals surface area contributed by atoms with Gasteiger partial charge in [0.15, 0.2) is 0 Å².